The second-order valence-corrected chi connectivity index (χ2v) is 3.91. The monoisotopic (exact) mass is 492 g/mol. The van der Waals surface area contributed by atoms with Crippen molar-refractivity contribution in [1.29, 1.82) is 0 Å². The Labute approximate surface area is 136 Å². The van der Waals surface area contributed by atoms with Crippen molar-refractivity contribution in [2.24, 2.45) is 0 Å². The molecule has 6 heteroatoms. The van der Waals surface area contributed by atoms with E-state index in [-0.39, 0.29) is 55.4 Å². The summed E-state index contributed by atoms with van der Waals surface area (Å²) in [6, 6.07) is 8.48. The van der Waals surface area contributed by atoms with E-state index in [9.17, 15) is 10.1 Å². The molecule has 0 bridgehead atoms. The first kappa shape index (κ1) is 13.9. The molecular formula is C10H6AcBrN2O2-. The standard InChI is InChI=1S/C10H6BrN2O2.Ac/c11-8-5-9(13(14)15)10(12)7-4-2-1-3-6(7)8;/h1-5,12H;/q-1;. The third-order valence-corrected chi connectivity index (χ3v) is 2.83. The molecule has 0 spiro atoms. The average Bonchev–Trinajstić information content (AvgIpc) is 2.23. The first-order chi connectivity index (χ1) is 7.11. The molecule has 0 saturated heterocycles. The van der Waals surface area contributed by atoms with Gasteiger partial charge in [0.25, 0.3) is 5.69 Å². The van der Waals surface area contributed by atoms with E-state index in [1.54, 1.807) is 12.1 Å². The van der Waals surface area contributed by atoms with E-state index in [0.717, 1.165) is 5.39 Å². The number of halogens is 1. The van der Waals surface area contributed by atoms with Gasteiger partial charge in [-0.05, 0) is 26.7 Å². The minimum absolute atomic E-state index is 0. The van der Waals surface area contributed by atoms with Crippen LogP contribution in [0.3, 0.4) is 0 Å². The number of hydrogen-bond acceptors (Lipinski definition) is 2. The van der Waals surface area contributed by atoms with Gasteiger partial charge in [0, 0.05) is 54.6 Å². The van der Waals surface area contributed by atoms with Gasteiger partial charge in [0.2, 0.25) is 0 Å². The quantitative estimate of drug-likeness (QED) is 0.442. The van der Waals surface area contributed by atoms with Crippen molar-refractivity contribution in [3.63, 3.8) is 0 Å². The molecule has 0 saturated carbocycles. The molecule has 2 aromatic rings. The number of fused-ring (bicyclic) bond motifs is 1. The summed E-state index contributed by atoms with van der Waals surface area (Å²) in [7, 11) is 0. The number of nitrogens with one attached hydrogen (secondary N) is 1. The molecule has 1 radical (unpaired) electrons. The Balaban J connectivity index is 0.00000128. The summed E-state index contributed by atoms with van der Waals surface area (Å²) in [6.45, 7) is 0. The van der Waals surface area contributed by atoms with Crippen LogP contribution in [-0.4, -0.2) is 4.92 Å². The zero-order valence-electron chi connectivity index (χ0n) is 8.11. The van der Waals surface area contributed by atoms with Crippen molar-refractivity contribution in [1.82, 2.24) is 0 Å². The molecule has 2 rings (SSSR count). The Morgan fingerprint density at radius 2 is 1.81 bits per heavy atom. The molecular weight excluding hydrogens is 487 g/mol. The Kier molecular flexibility index (Phi) is 4.72. The van der Waals surface area contributed by atoms with Gasteiger partial charge >= 0.3 is 0 Å². The smallest absolute Gasteiger partial charge is 0.256 e. The number of benzene rings is 2. The van der Waals surface area contributed by atoms with E-state index in [1.807, 2.05) is 12.1 Å². The molecule has 0 amide bonds. The summed E-state index contributed by atoms with van der Waals surface area (Å²) < 4.78 is 0.640. The second kappa shape index (κ2) is 5.44. The van der Waals surface area contributed by atoms with E-state index in [1.165, 1.54) is 6.07 Å². The van der Waals surface area contributed by atoms with Gasteiger partial charge in [-0.15, -0.1) is 0 Å². The van der Waals surface area contributed by atoms with Gasteiger partial charge in [0.05, 0.1) is 4.92 Å². The zero-order valence-corrected chi connectivity index (χ0v) is 14.4. The number of nitro benzene ring substituents is 1. The fraction of sp³-hybridized carbons (Fsp3) is 0. The van der Waals surface area contributed by atoms with Gasteiger partial charge in [-0.1, -0.05) is 30.0 Å². The second-order valence-electron chi connectivity index (χ2n) is 3.06. The van der Waals surface area contributed by atoms with Crippen molar-refractivity contribution in [3.8, 4) is 0 Å². The topological polar surface area (TPSA) is 66.9 Å². The van der Waals surface area contributed by atoms with Crippen molar-refractivity contribution in [3.05, 3.63) is 50.7 Å². The summed E-state index contributed by atoms with van der Waals surface area (Å²) >= 11 is 3.26. The minimum atomic E-state index is -0.542. The molecule has 1 N–H and O–H groups in total. The molecule has 0 fully saturated rings. The van der Waals surface area contributed by atoms with Gasteiger partial charge in [0.15, 0.2) is 0 Å². The maximum Gasteiger partial charge on any atom is 0.256 e. The summed E-state index contributed by atoms with van der Waals surface area (Å²) in [5, 5.41) is 12.1. The molecule has 16 heavy (non-hydrogen) atoms. The maximum atomic E-state index is 10.7. The molecule has 0 atom stereocenters. The average molecular weight is 493 g/mol. The van der Waals surface area contributed by atoms with Gasteiger partial charge in [-0.2, -0.15) is 0 Å². The van der Waals surface area contributed by atoms with Crippen LogP contribution in [-0.2, 0) is 0 Å². The molecule has 0 aliphatic carbocycles. The van der Waals surface area contributed by atoms with Crippen LogP contribution in [0.15, 0.2) is 34.8 Å². The SMILES string of the molecule is [Ac].[NH-]c1c([N+](=O)[O-])cc(Br)c2ccccc12. The fourth-order valence-electron chi connectivity index (χ4n) is 1.46. The molecule has 0 aliphatic rings. The molecule has 0 unspecified atom stereocenters. The summed E-state index contributed by atoms with van der Waals surface area (Å²) in [4.78, 5) is 10.1. The molecule has 4 nitrogen and oxygen atoms in total. The van der Waals surface area contributed by atoms with Crippen molar-refractivity contribution < 1.29 is 49.0 Å². The normalized spacial score (nSPS) is 9.81. The fourth-order valence-corrected chi connectivity index (χ4v) is 2.02. The molecule has 2 aromatic carbocycles. The van der Waals surface area contributed by atoms with Gasteiger partial charge in [-0.25, -0.2) is 0 Å². The van der Waals surface area contributed by atoms with Crippen molar-refractivity contribution in [2.75, 3.05) is 0 Å². The number of nitro groups is 1. The first-order valence-electron chi connectivity index (χ1n) is 4.18. The third kappa shape index (κ3) is 2.39. The Morgan fingerprint density at radius 1 is 1.25 bits per heavy atom. The summed E-state index contributed by atoms with van der Waals surface area (Å²) in [6.07, 6.45) is 0. The molecule has 0 heterocycles. The zero-order chi connectivity index (χ0) is 11.0. The van der Waals surface area contributed by atoms with Crippen LogP contribution in [0.5, 0.6) is 0 Å². The van der Waals surface area contributed by atoms with Crippen LogP contribution in [0, 0.1) is 54.2 Å². The minimum Gasteiger partial charge on any atom is -0.693 e. The van der Waals surface area contributed by atoms with Gasteiger partial charge in [0.1, 0.15) is 0 Å². The van der Waals surface area contributed by atoms with Crippen LogP contribution >= 0.6 is 15.9 Å². The summed E-state index contributed by atoms with van der Waals surface area (Å²) in [5.74, 6) is 0. The van der Waals surface area contributed by atoms with Crippen LogP contribution in [0.2, 0.25) is 0 Å². The molecule has 0 aliphatic heterocycles. The van der Waals surface area contributed by atoms with Gasteiger partial charge < -0.3 is 5.73 Å². The Morgan fingerprint density at radius 3 is 2.38 bits per heavy atom. The van der Waals surface area contributed by atoms with Crippen LogP contribution in [0.1, 0.15) is 0 Å². The largest absolute Gasteiger partial charge is 0.693 e. The predicted molar refractivity (Wildman–Crippen MR) is 62.3 cm³/mol. The van der Waals surface area contributed by atoms with Crippen LogP contribution < -0.4 is 0 Å². The maximum absolute atomic E-state index is 10.7. The van der Waals surface area contributed by atoms with Crippen LogP contribution in [0.25, 0.3) is 16.5 Å². The van der Waals surface area contributed by atoms with Gasteiger partial charge in [-0.3, -0.25) is 10.1 Å². The first-order valence-corrected chi connectivity index (χ1v) is 4.98. The third-order valence-electron chi connectivity index (χ3n) is 2.17. The van der Waals surface area contributed by atoms with E-state index < -0.39 is 4.92 Å². The number of rotatable bonds is 1. The molecule has 0 aromatic heterocycles. The molecule has 79 valence electrons. The van der Waals surface area contributed by atoms with Crippen molar-refractivity contribution >= 4 is 38.1 Å². The van der Waals surface area contributed by atoms with E-state index >= 15 is 0 Å². The predicted octanol–water partition coefficient (Wildman–Crippen LogP) is 4.19. The Bertz CT molecular complexity index is 560. The van der Waals surface area contributed by atoms with E-state index in [2.05, 4.69) is 15.9 Å². The van der Waals surface area contributed by atoms with Crippen molar-refractivity contribution in [2.45, 2.75) is 0 Å². The number of hydrogen-bond donors (Lipinski definition) is 0. The van der Waals surface area contributed by atoms with E-state index in [4.69, 9.17) is 5.73 Å². The summed E-state index contributed by atoms with van der Waals surface area (Å²) in [5.41, 5.74) is 7.48. The number of nitrogens with zero attached hydrogens (tertiary/aromatic N) is 1. The van der Waals surface area contributed by atoms with Crippen LogP contribution in [0.4, 0.5) is 11.4 Å². The Hall–Kier alpha value is -0.178. The van der Waals surface area contributed by atoms with E-state index in [0.29, 0.717) is 9.86 Å².